The molecule has 0 fully saturated rings. The highest BCUT2D eigenvalue weighted by atomic mass is 32.2. The first-order chi connectivity index (χ1) is 10.6. The molecule has 0 bridgehead atoms. The van der Waals surface area contributed by atoms with Gasteiger partial charge in [0.05, 0.1) is 11.8 Å². The third kappa shape index (κ3) is 4.12. The van der Waals surface area contributed by atoms with Gasteiger partial charge in [0.25, 0.3) is 0 Å². The summed E-state index contributed by atoms with van der Waals surface area (Å²) < 4.78 is 0. The first-order valence-corrected chi connectivity index (χ1v) is 8.03. The maximum Gasteiger partial charge on any atom is 0.238 e. The molecule has 2 aromatic rings. The Morgan fingerprint density at radius 3 is 2.59 bits per heavy atom. The van der Waals surface area contributed by atoms with Crippen molar-refractivity contribution in [3.8, 4) is 6.07 Å². The molecule has 112 valence electrons. The van der Waals surface area contributed by atoms with Crippen LogP contribution in [0.2, 0.25) is 0 Å². The standard InChI is InChI=1S/C18H18N2OS/c1-14-8-9-15(2)17(12-14)22-13-18(21)20(11-10-19)16-6-4-3-5-7-16/h3-9,12H,11,13H2,1-2H3. The maximum absolute atomic E-state index is 12.5. The Morgan fingerprint density at radius 2 is 1.91 bits per heavy atom. The minimum absolute atomic E-state index is 0.0568. The Labute approximate surface area is 135 Å². The summed E-state index contributed by atoms with van der Waals surface area (Å²) in [6.45, 7) is 4.14. The number of hydrogen-bond donors (Lipinski definition) is 0. The molecule has 1 amide bonds. The molecule has 0 saturated carbocycles. The van der Waals surface area contributed by atoms with Crippen molar-refractivity contribution in [2.75, 3.05) is 17.2 Å². The second-order valence-corrected chi connectivity index (χ2v) is 6.05. The number of hydrogen-bond acceptors (Lipinski definition) is 3. The van der Waals surface area contributed by atoms with Gasteiger partial charge in [0.15, 0.2) is 0 Å². The molecule has 0 aliphatic heterocycles. The van der Waals surface area contributed by atoms with Crippen molar-refractivity contribution in [1.82, 2.24) is 0 Å². The Bertz CT molecular complexity index is 692. The van der Waals surface area contributed by atoms with Gasteiger partial charge in [0, 0.05) is 10.6 Å². The van der Waals surface area contributed by atoms with Crippen LogP contribution in [-0.4, -0.2) is 18.2 Å². The molecule has 0 aromatic heterocycles. The van der Waals surface area contributed by atoms with Crippen LogP contribution in [0.25, 0.3) is 0 Å². The van der Waals surface area contributed by atoms with Crippen LogP contribution in [0.15, 0.2) is 53.4 Å². The summed E-state index contributed by atoms with van der Waals surface area (Å²) in [6.07, 6.45) is 0. The third-order valence-corrected chi connectivity index (χ3v) is 4.43. The zero-order chi connectivity index (χ0) is 15.9. The molecular weight excluding hydrogens is 292 g/mol. The van der Waals surface area contributed by atoms with E-state index in [9.17, 15) is 4.79 Å². The third-order valence-electron chi connectivity index (χ3n) is 3.29. The van der Waals surface area contributed by atoms with Gasteiger partial charge in [0.2, 0.25) is 5.91 Å². The number of anilines is 1. The van der Waals surface area contributed by atoms with Gasteiger partial charge in [-0.3, -0.25) is 9.69 Å². The van der Waals surface area contributed by atoms with Gasteiger partial charge in [-0.1, -0.05) is 35.9 Å². The molecule has 0 atom stereocenters. The number of nitriles is 1. The van der Waals surface area contributed by atoms with E-state index in [0.717, 1.165) is 16.1 Å². The smallest absolute Gasteiger partial charge is 0.238 e. The molecule has 0 unspecified atom stereocenters. The lowest BCUT2D eigenvalue weighted by Gasteiger charge is -2.19. The first-order valence-electron chi connectivity index (χ1n) is 7.04. The molecule has 0 N–H and O–H groups in total. The van der Waals surface area contributed by atoms with E-state index in [1.165, 1.54) is 22.2 Å². The van der Waals surface area contributed by atoms with E-state index in [-0.39, 0.29) is 12.5 Å². The van der Waals surface area contributed by atoms with E-state index < -0.39 is 0 Å². The largest absolute Gasteiger partial charge is 0.298 e. The Hall–Kier alpha value is -2.25. The summed E-state index contributed by atoms with van der Waals surface area (Å²) in [4.78, 5) is 15.1. The second kappa shape index (κ2) is 7.67. The topological polar surface area (TPSA) is 44.1 Å². The predicted molar refractivity (Wildman–Crippen MR) is 91.0 cm³/mol. The number of carbonyl (C=O) groups is 1. The van der Waals surface area contributed by atoms with Gasteiger partial charge in [-0.25, -0.2) is 0 Å². The molecule has 0 heterocycles. The van der Waals surface area contributed by atoms with E-state index in [0.29, 0.717) is 5.75 Å². The fourth-order valence-corrected chi connectivity index (χ4v) is 3.08. The Kier molecular flexibility index (Phi) is 5.62. The van der Waals surface area contributed by atoms with Crippen LogP contribution in [0.3, 0.4) is 0 Å². The molecule has 0 aliphatic rings. The highest BCUT2D eigenvalue weighted by molar-refractivity contribution is 8.00. The van der Waals surface area contributed by atoms with Gasteiger partial charge >= 0.3 is 0 Å². The fourth-order valence-electron chi connectivity index (χ4n) is 2.08. The van der Waals surface area contributed by atoms with E-state index in [1.807, 2.05) is 44.2 Å². The molecule has 3 nitrogen and oxygen atoms in total. The molecule has 0 radical (unpaired) electrons. The second-order valence-electron chi connectivity index (χ2n) is 5.03. The quantitative estimate of drug-likeness (QED) is 0.620. The van der Waals surface area contributed by atoms with Gasteiger partial charge < -0.3 is 0 Å². The molecule has 2 rings (SSSR count). The lowest BCUT2D eigenvalue weighted by molar-refractivity contribution is -0.116. The van der Waals surface area contributed by atoms with Crippen molar-refractivity contribution >= 4 is 23.4 Å². The van der Waals surface area contributed by atoms with Crippen molar-refractivity contribution in [2.24, 2.45) is 0 Å². The van der Waals surface area contributed by atoms with Gasteiger partial charge in [-0.05, 0) is 37.6 Å². The van der Waals surface area contributed by atoms with E-state index in [4.69, 9.17) is 5.26 Å². The van der Waals surface area contributed by atoms with E-state index >= 15 is 0 Å². The summed E-state index contributed by atoms with van der Waals surface area (Å²) >= 11 is 1.52. The normalized spacial score (nSPS) is 10.0. The van der Waals surface area contributed by atoms with Gasteiger partial charge in [-0.15, -0.1) is 11.8 Å². The summed E-state index contributed by atoms with van der Waals surface area (Å²) in [7, 11) is 0. The van der Waals surface area contributed by atoms with Crippen molar-refractivity contribution in [3.63, 3.8) is 0 Å². The Balaban J connectivity index is 2.09. The molecule has 22 heavy (non-hydrogen) atoms. The average molecular weight is 310 g/mol. The van der Waals surface area contributed by atoms with Gasteiger partial charge in [0.1, 0.15) is 6.54 Å². The summed E-state index contributed by atoms with van der Waals surface area (Å²) in [5.74, 6) is 0.264. The average Bonchev–Trinajstić information content (AvgIpc) is 2.54. The van der Waals surface area contributed by atoms with E-state index in [2.05, 4.69) is 24.3 Å². The van der Waals surface area contributed by atoms with Crippen LogP contribution in [0.1, 0.15) is 11.1 Å². The lowest BCUT2D eigenvalue weighted by Crippen LogP contribution is -2.32. The summed E-state index contributed by atoms with van der Waals surface area (Å²) in [5, 5.41) is 8.96. The SMILES string of the molecule is Cc1ccc(C)c(SCC(=O)N(CC#N)c2ccccc2)c1. The highest BCUT2D eigenvalue weighted by Crippen LogP contribution is 2.24. The van der Waals surface area contributed by atoms with Crippen LogP contribution in [0.4, 0.5) is 5.69 Å². The number of carbonyl (C=O) groups excluding carboxylic acids is 1. The number of nitrogens with zero attached hydrogens (tertiary/aromatic N) is 2. The number of benzene rings is 2. The van der Waals surface area contributed by atoms with Crippen LogP contribution in [0.5, 0.6) is 0 Å². The molecule has 4 heteroatoms. The number of aryl methyl sites for hydroxylation is 2. The molecule has 0 aliphatic carbocycles. The monoisotopic (exact) mass is 310 g/mol. The van der Waals surface area contributed by atoms with Crippen molar-refractivity contribution in [1.29, 1.82) is 5.26 Å². The van der Waals surface area contributed by atoms with Crippen LogP contribution in [0, 0.1) is 25.2 Å². The van der Waals surface area contributed by atoms with Crippen LogP contribution < -0.4 is 4.90 Å². The lowest BCUT2D eigenvalue weighted by atomic mass is 10.2. The summed E-state index contributed by atoms with van der Waals surface area (Å²) in [6, 6.07) is 17.6. The number of para-hydroxylation sites is 1. The predicted octanol–water partition coefficient (Wildman–Crippen LogP) is 3.95. The highest BCUT2D eigenvalue weighted by Gasteiger charge is 2.15. The first kappa shape index (κ1) is 16.1. The fraction of sp³-hybridized carbons (Fsp3) is 0.222. The van der Waals surface area contributed by atoms with Crippen molar-refractivity contribution in [2.45, 2.75) is 18.7 Å². The van der Waals surface area contributed by atoms with Gasteiger partial charge in [-0.2, -0.15) is 5.26 Å². The maximum atomic E-state index is 12.5. The molecule has 0 spiro atoms. The van der Waals surface area contributed by atoms with Crippen molar-refractivity contribution < 1.29 is 4.79 Å². The minimum atomic E-state index is -0.0568. The zero-order valence-electron chi connectivity index (χ0n) is 12.7. The zero-order valence-corrected chi connectivity index (χ0v) is 13.6. The summed E-state index contributed by atoms with van der Waals surface area (Å²) in [5.41, 5.74) is 3.10. The minimum Gasteiger partial charge on any atom is -0.298 e. The molecule has 0 saturated heterocycles. The van der Waals surface area contributed by atoms with Crippen LogP contribution in [-0.2, 0) is 4.79 Å². The van der Waals surface area contributed by atoms with Crippen LogP contribution >= 0.6 is 11.8 Å². The number of rotatable bonds is 5. The number of amides is 1. The number of thioether (sulfide) groups is 1. The molecular formula is C18H18N2OS. The molecule has 2 aromatic carbocycles. The Morgan fingerprint density at radius 1 is 1.18 bits per heavy atom. The van der Waals surface area contributed by atoms with Crippen molar-refractivity contribution in [3.05, 3.63) is 59.7 Å². The van der Waals surface area contributed by atoms with E-state index in [1.54, 1.807) is 0 Å².